The maximum Gasteiger partial charge on any atom is 0.264 e. The largest absolute Gasteiger partial charge is 0.507 e. The number of ether oxygens (including phenoxy) is 1. The van der Waals surface area contributed by atoms with Gasteiger partial charge < -0.3 is 20.5 Å². The topological polar surface area (TPSA) is 70.6 Å². The number of piperidine rings is 1. The molecule has 132 valence electrons. The van der Waals surface area contributed by atoms with Crippen LogP contribution in [0.3, 0.4) is 0 Å². The van der Waals surface area contributed by atoms with Crippen LogP contribution in [-0.4, -0.2) is 35.7 Å². The molecule has 3 N–H and O–H groups in total. The van der Waals surface area contributed by atoms with E-state index < -0.39 is 5.60 Å². The number of nitrogens with one attached hydrogen (secondary N) is 2. The second kappa shape index (κ2) is 6.28. The Hall–Kier alpha value is -1.75. The van der Waals surface area contributed by atoms with Crippen molar-refractivity contribution in [3.05, 3.63) is 22.3 Å². The van der Waals surface area contributed by atoms with Gasteiger partial charge in [0, 0.05) is 24.6 Å². The van der Waals surface area contributed by atoms with Gasteiger partial charge in [-0.05, 0) is 70.2 Å². The van der Waals surface area contributed by atoms with Gasteiger partial charge in [0.25, 0.3) is 5.91 Å². The maximum absolute atomic E-state index is 12.8. The highest BCUT2D eigenvalue weighted by Crippen LogP contribution is 2.43. The first-order chi connectivity index (χ1) is 11.3. The smallest absolute Gasteiger partial charge is 0.264 e. The van der Waals surface area contributed by atoms with Gasteiger partial charge in [-0.25, -0.2) is 0 Å². The summed E-state index contributed by atoms with van der Waals surface area (Å²) in [5, 5.41) is 16.7. The van der Waals surface area contributed by atoms with Gasteiger partial charge >= 0.3 is 0 Å². The first-order valence-corrected chi connectivity index (χ1v) is 8.86. The number of rotatable bonds is 2. The summed E-state index contributed by atoms with van der Waals surface area (Å²) >= 11 is 0. The lowest BCUT2D eigenvalue weighted by Crippen LogP contribution is -2.56. The Kier molecular flexibility index (Phi) is 4.47. The van der Waals surface area contributed by atoms with E-state index in [0.29, 0.717) is 12.2 Å². The van der Waals surface area contributed by atoms with E-state index in [1.807, 2.05) is 27.7 Å². The monoisotopic (exact) mass is 332 g/mol. The standard InChI is InChI=1S/C19H28N2O3/c1-11-12(2)17-15(13(3)16(11)22)7-8-19(4,24-17)18(23)21-14-6-5-9-20-10-14/h14,20,22H,5-10H2,1-4H3,(H,21,23). The molecule has 0 bridgehead atoms. The molecule has 0 spiro atoms. The van der Waals surface area contributed by atoms with Crippen LogP contribution < -0.4 is 15.4 Å². The molecule has 0 aliphatic carbocycles. The predicted molar refractivity (Wildman–Crippen MR) is 93.7 cm³/mol. The van der Waals surface area contributed by atoms with Gasteiger partial charge in [-0.1, -0.05) is 0 Å². The quantitative estimate of drug-likeness (QED) is 0.777. The van der Waals surface area contributed by atoms with Crippen LogP contribution in [0.1, 0.15) is 48.4 Å². The highest BCUT2D eigenvalue weighted by molar-refractivity contribution is 5.86. The second-order valence-corrected chi connectivity index (χ2v) is 7.38. The summed E-state index contributed by atoms with van der Waals surface area (Å²) in [4.78, 5) is 12.8. The molecule has 2 aliphatic rings. The van der Waals surface area contributed by atoms with E-state index in [2.05, 4.69) is 10.6 Å². The van der Waals surface area contributed by atoms with Gasteiger partial charge in [0.05, 0.1) is 0 Å². The molecule has 2 unspecified atom stereocenters. The number of hydrogen-bond donors (Lipinski definition) is 3. The SMILES string of the molecule is Cc1c(C)c2c(c(C)c1O)CCC(C)(C(=O)NC1CCCNC1)O2. The Labute approximate surface area is 143 Å². The number of phenols is 1. The molecule has 0 aromatic heterocycles. The highest BCUT2D eigenvalue weighted by atomic mass is 16.5. The van der Waals surface area contributed by atoms with Crippen molar-refractivity contribution in [2.24, 2.45) is 0 Å². The second-order valence-electron chi connectivity index (χ2n) is 7.38. The molecule has 1 fully saturated rings. The highest BCUT2D eigenvalue weighted by Gasteiger charge is 2.41. The van der Waals surface area contributed by atoms with Crippen LogP contribution in [0.15, 0.2) is 0 Å². The average molecular weight is 332 g/mol. The first kappa shape index (κ1) is 17.1. The van der Waals surface area contributed by atoms with Crippen molar-refractivity contribution in [1.82, 2.24) is 10.6 Å². The zero-order valence-corrected chi connectivity index (χ0v) is 15.1. The van der Waals surface area contributed by atoms with Crippen LogP contribution in [0.25, 0.3) is 0 Å². The minimum absolute atomic E-state index is 0.0374. The summed E-state index contributed by atoms with van der Waals surface area (Å²) in [6.07, 6.45) is 3.45. The summed E-state index contributed by atoms with van der Waals surface area (Å²) in [6, 6.07) is 0.178. The lowest BCUT2D eigenvalue weighted by molar-refractivity contribution is -0.137. The molecular formula is C19H28N2O3. The zero-order valence-electron chi connectivity index (χ0n) is 15.1. The summed E-state index contributed by atoms with van der Waals surface area (Å²) in [5.41, 5.74) is 2.79. The number of carbonyl (C=O) groups excluding carboxylic acids is 1. The third kappa shape index (κ3) is 2.86. The third-order valence-electron chi connectivity index (χ3n) is 5.63. The Morgan fingerprint density at radius 3 is 2.71 bits per heavy atom. The van der Waals surface area contributed by atoms with Crippen LogP contribution in [0, 0.1) is 20.8 Å². The molecule has 0 saturated carbocycles. The van der Waals surface area contributed by atoms with Gasteiger partial charge in [-0.2, -0.15) is 0 Å². The number of hydrogen-bond acceptors (Lipinski definition) is 4. The van der Waals surface area contributed by atoms with Crippen LogP contribution >= 0.6 is 0 Å². The van der Waals surface area contributed by atoms with E-state index in [1.54, 1.807) is 0 Å². The molecule has 2 atom stereocenters. The molecule has 5 nitrogen and oxygen atoms in total. The van der Waals surface area contributed by atoms with Crippen molar-refractivity contribution in [3.63, 3.8) is 0 Å². The van der Waals surface area contributed by atoms with Gasteiger partial charge in [0.1, 0.15) is 11.5 Å². The van der Waals surface area contributed by atoms with Crippen molar-refractivity contribution >= 4 is 5.91 Å². The Bertz CT molecular complexity index is 665. The zero-order chi connectivity index (χ0) is 17.5. The first-order valence-electron chi connectivity index (χ1n) is 8.86. The van der Waals surface area contributed by atoms with Crippen molar-refractivity contribution in [3.8, 4) is 11.5 Å². The van der Waals surface area contributed by atoms with Gasteiger partial charge in [-0.15, -0.1) is 0 Å². The number of amides is 1. The van der Waals surface area contributed by atoms with Crippen molar-refractivity contribution in [2.75, 3.05) is 13.1 Å². The van der Waals surface area contributed by atoms with E-state index in [-0.39, 0.29) is 11.9 Å². The normalized spacial score (nSPS) is 26.4. The van der Waals surface area contributed by atoms with Crippen molar-refractivity contribution < 1.29 is 14.6 Å². The minimum Gasteiger partial charge on any atom is -0.507 e. The number of carbonyl (C=O) groups is 1. The molecule has 2 aliphatic heterocycles. The van der Waals surface area contributed by atoms with E-state index >= 15 is 0 Å². The number of aromatic hydroxyl groups is 1. The van der Waals surface area contributed by atoms with Crippen LogP contribution in [0.2, 0.25) is 0 Å². The third-order valence-corrected chi connectivity index (χ3v) is 5.63. The van der Waals surface area contributed by atoms with Crippen LogP contribution in [0.4, 0.5) is 0 Å². The van der Waals surface area contributed by atoms with Crippen LogP contribution in [-0.2, 0) is 11.2 Å². The minimum atomic E-state index is -0.856. The van der Waals surface area contributed by atoms with E-state index in [0.717, 1.165) is 60.4 Å². The number of benzene rings is 1. The molecule has 1 aromatic rings. The van der Waals surface area contributed by atoms with Crippen molar-refractivity contribution in [2.45, 2.75) is 65.0 Å². The molecule has 5 heteroatoms. The molecule has 3 rings (SSSR count). The molecule has 1 saturated heterocycles. The molecule has 24 heavy (non-hydrogen) atoms. The van der Waals surface area contributed by atoms with Gasteiger partial charge in [0.15, 0.2) is 5.60 Å². The van der Waals surface area contributed by atoms with Crippen LogP contribution in [0.5, 0.6) is 11.5 Å². The molecule has 0 radical (unpaired) electrons. The molecule has 1 aromatic carbocycles. The number of fused-ring (bicyclic) bond motifs is 1. The summed E-state index contributed by atoms with van der Waals surface area (Å²) in [5.74, 6) is 1.08. The fourth-order valence-electron chi connectivity index (χ4n) is 3.72. The Balaban J connectivity index is 1.84. The maximum atomic E-state index is 12.8. The van der Waals surface area contributed by atoms with Gasteiger partial charge in [0.2, 0.25) is 0 Å². The lowest BCUT2D eigenvalue weighted by Gasteiger charge is -2.38. The number of phenolic OH excluding ortho intramolecular Hbond substituents is 1. The summed E-state index contributed by atoms with van der Waals surface area (Å²) < 4.78 is 6.23. The summed E-state index contributed by atoms with van der Waals surface area (Å²) in [7, 11) is 0. The fraction of sp³-hybridized carbons (Fsp3) is 0.632. The molecule has 1 amide bonds. The average Bonchev–Trinajstić information content (AvgIpc) is 2.59. The van der Waals surface area contributed by atoms with E-state index in [9.17, 15) is 9.90 Å². The fourth-order valence-corrected chi connectivity index (χ4v) is 3.72. The molecular weight excluding hydrogens is 304 g/mol. The lowest BCUT2D eigenvalue weighted by atomic mass is 9.86. The van der Waals surface area contributed by atoms with Gasteiger partial charge in [-0.3, -0.25) is 4.79 Å². The Morgan fingerprint density at radius 1 is 1.29 bits per heavy atom. The molecule has 2 heterocycles. The van der Waals surface area contributed by atoms with Crippen molar-refractivity contribution in [1.29, 1.82) is 0 Å². The predicted octanol–water partition coefficient (Wildman–Crippen LogP) is 2.27. The summed E-state index contributed by atoms with van der Waals surface area (Å²) in [6.45, 7) is 9.47. The van der Waals surface area contributed by atoms with E-state index in [1.165, 1.54) is 0 Å². The Morgan fingerprint density at radius 2 is 2.04 bits per heavy atom. The van der Waals surface area contributed by atoms with E-state index in [4.69, 9.17) is 4.74 Å².